The van der Waals surface area contributed by atoms with Crippen LogP contribution in [0.3, 0.4) is 0 Å². The van der Waals surface area contributed by atoms with Gasteiger partial charge in [0.05, 0.1) is 12.7 Å². The number of esters is 1. The van der Waals surface area contributed by atoms with Gasteiger partial charge in [0.1, 0.15) is 10.6 Å². The van der Waals surface area contributed by atoms with Crippen LogP contribution in [0.2, 0.25) is 0 Å². The van der Waals surface area contributed by atoms with Crippen molar-refractivity contribution >= 4 is 28.3 Å². The SMILES string of the molecule is CCOC(=O)c1c(N)nsc1NCCC(C)O. The second kappa shape index (κ2) is 6.41. The normalized spacial score (nSPS) is 12.2. The van der Waals surface area contributed by atoms with Gasteiger partial charge in [0.25, 0.3) is 0 Å². The molecule has 0 bridgehead atoms. The van der Waals surface area contributed by atoms with Crippen LogP contribution in [0.15, 0.2) is 0 Å². The van der Waals surface area contributed by atoms with E-state index >= 15 is 0 Å². The highest BCUT2D eigenvalue weighted by Gasteiger charge is 2.20. The van der Waals surface area contributed by atoms with Crippen molar-refractivity contribution in [3.63, 3.8) is 0 Å². The first-order valence-electron chi connectivity index (χ1n) is 5.40. The number of rotatable bonds is 6. The van der Waals surface area contributed by atoms with Crippen molar-refractivity contribution in [2.75, 3.05) is 24.2 Å². The summed E-state index contributed by atoms with van der Waals surface area (Å²) in [5.41, 5.74) is 5.89. The molecule has 1 aromatic heterocycles. The van der Waals surface area contributed by atoms with Gasteiger partial charge in [-0.05, 0) is 31.8 Å². The van der Waals surface area contributed by atoms with Crippen molar-refractivity contribution in [3.8, 4) is 0 Å². The fourth-order valence-electron chi connectivity index (χ4n) is 1.22. The molecule has 0 saturated carbocycles. The highest BCUT2D eigenvalue weighted by molar-refractivity contribution is 7.11. The van der Waals surface area contributed by atoms with Gasteiger partial charge in [0, 0.05) is 6.54 Å². The molecular formula is C10H17N3O3S. The summed E-state index contributed by atoms with van der Waals surface area (Å²) in [6, 6.07) is 0. The molecule has 0 aromatic carbocycles. The summed E-state index contributed by atoms with van der Waals surface area (Å²) in [4.78, 5) is 11.6. The molecule has 96 valence electrons. The van der Waals surface area contributed by atoms with Gasteiger partial charge >= 0.3 is 5.97 Å². The van der Waals surface area contributed by atoms with E-state index in [1.807, 2.05) is 0 Å². The van der Waals surface area contributed by atoms with Crippen LogP contribution in [0.25, 0.3) is 0 Å². The van der Waals surface area contributed by atoms with Crippen LogP contribution in [0.4, 0.5) is 10.8 Å². The number of hydrogen-bond donors (Lipinski definition) is 3. The maximum atomic E-state index is 11.6. The lowest BCUT2D eigenvalue weighted by Gasteiger charge is -2.07. The third-order valence-corrected chi connectivity index (χ3v) is 2.86. The molecule has 0 amide bonds. The highest BCUT2D eigenvalue weighted by atomic mass is 32.1. The monoisotopic (exact) mass is 259 g/mol. The minimum absolute atomic E-state index is 0.174. The summed E-state index contributed by atoms with van der Waals surface area (Å²) >= 11 is 1.11. The molecule has 0 fully saturated rings. The molecule has 0 saturated heterocycles. The van der Waals surface area contributed by atoms with Crippen molar-refractivity contribution in [2.24, 2.45) is 0 Å². The Morgan fingerprint density at radius 1 is 1.71 bits per heavy atom. The Morgan fingerprint density at radius 3 is 3.00 bits per heavy atom. The summed E-state index contributed by atoms with van der Waals surface area (Å²) in [7, 11) is 0. The number of carbonyl (C=O) groups is 1. The van der Waals surface area contributed by atoms with Crippen LogP contribution in [0.5, 0.6) is 0 Å². The van der Waals surface area contributed by atoms with Crippen molar-refractivity contribution in [1.82, 2.24) is 4.37 Å². The third kappa shape index (κ3) is 3.86. The Bertz CT molecular complexity index is 379. The van der Waals surface area contributed by atoms with Gasteiger partial charge in [-0.3, -0.25) is 0 Å². The van der Waals surface area contributed by atoms with Gasteiger partial charge in [-0.15, -0.1) is 0 Å². The van der Waals surface area contributed by atoms with Gasteiger partial charge in [-0.1, -0.05) is 0 Å². The van der Waals surface area contributed by atoms with Gasteiger partial charge < -0.3 is 20.9 Å². The van der Waals surface area contributed by atoms with Gasteiger partial charge in [-0.2, -0.15) is 4.37 Å². The molecule has 0 aliphatic carbocycles. The number of hydrogen-bond acceptors (Lipinski definition) is 7. The predicted molar refractivity (Wildman–Crippen MR) is 67.3 cm³/mol. The Hall–Kier alpha value is -1.34. The van der Waals surface area contributed by atoms with Gasteiger partial charge in [0.15, 0.2) is 5.82 Å². The van der Waals surface area contributed by atoms with E-state index in [0.29, 0.717) is 24.6 Å². The van der Waals surface area contributed by atoms with Crippen molar-refractivity contribution in [2.45, 2.75) is 26.4 Å². The van der Waals surface area contributed by atoms with Crippen molar-refractivity contribution in [1.29, 1.82) is 0 Å². The van der Waals surface area contributed by atoms with E-state index in [0.717, 1.165) is 11.5 Å². The minimum atomic E-state index is -0.474. The van der Waals surface area contributed by atoms with E-state index in [2.05, 4.69) is 9.69 Å². The lowest BCUT2D eigenvalue weighted by Crippen LogP contribution is -2.13. The molecule has 0 radical (unpaired) electrons. The summed E-state index contributed by atoms with van der Waals surface area (Å²) < 4.78 is 8.80. The van der Waals surface area contributed by atoms with Crippen LogP contribution in [0, 0.1) is 0 Å². The summed E-state index contributed by atoms with van der Waals surface area (Å²) in [6.45, 7) is 4.27. The molecule has 1 atom stereocenters. The number of nitrogen functional groups attached to an aromatic ring is 1. The minimum Gasteiger partial charge on any atom is -0.462 e. The lowest BCUT2D eigenvalue weighted by atomic mass is 10.2. The Kier molecular flexibility index (Phi) is 5.17. The number of nitrogens with one attached hydrogen (secondary N) is 1. The Balaban J connectivity index is 2.69. The van der Waals surface area contributed by atoms with Gasteiger partial charge in [-0.25, -0.2) is 4.79 Å². The maximum absolute atomic E-state index is 11.6. The number of anilines is 2. The van der Waals surface area contributed by atoms with Crippen LogP contribution >= 0.6 is 11.5 Å². The number of aromatic nitrogens is 1. The molecule has 0 aliphatic rings. The zero-order chi connectivity index (χ0) is 12.8. The zero-order valence-corrected chi connectivity index (χ0v) is 10.7. The predicted octanol–water partition coefficient (Wildman–Crippen LogP) is 1.08. The maximum Gasteiger partial charge on any atom is 0.344 e. The Morgan fingerprint density at radius 2 is 2.41 bits per heavy atom. The van der Waals surface area contributed by atoms with E-state index in [1.54, 1.807) is 13.8 Å². The van der Waals surface area contributed by atoms with Crippen LogP contribution in [0.1, 0.15) is 30.6 Å². The topological polar surface area (TPSA) is 97.5 Å². The zero-order valence-electron chi connectivity index (χ0n) is 9.90. The number of ether oxygens (including phenoxy) is 1. The Labute approximate surface area is 104 Å². The second-order valence-electron chi connectivity index (χ2n) is 3.56. The fourth-order valence-corrected chi connectivity index (χ4v) is 1.94. The molecule has 0 spiro atoms. The van der Waals surface area contributed by atoms with E-state index < -0.39 is 5.97 Å². The summed E-state index contributed by atoms with van der Waals surface area (Å²) in [5.74, 6) is -0.300. The summed E-state index contributed by atoms with van der Waals surface area (Å²) in [5, 5.41) is 12.7. The molecule has 0 aliphatic heterocycles. The van der Waals surface area contributed by atoms with E-state index in [1.165, 1.54) is 0 Å². The largest absolute Gasteiger partial charge is 0.462 e. The quantitative estimate of drug-likeness (QED) is 0.661. The molecular weight excluding hydrogens is 242 g/mol. The standard InChI is InChI=1S/C10H17N3O3S/c1-3-16-10(15)7-8(11)13-17-9(7)12-5-4-6(2)14/h6,12,14H,3-5H2,1-2H3,(H2,11,13). The van der Waals surface area contributed by atoms with E-state index in [-0.39, 0.29) is 17.5 Å². The second-order valence-corrected chi connectivity index (χ2v) is 4.33. The summed E-state index contributed by atoms with van der Waals surface area (Å²) in [6.07, 6.45) is 0.193. The molecule has 1 unspecified atom stereocenters. The smallest absolute Gasteiger partial charge is 0.344 e. The fraction of sp³-hybridized carbons (Fsp3) is 0.600. The first kappa shape index (κ1) is 13.7. The third-order valence-electron chi connectivity index (χ3n) is 2.05. The first-order chi connectivity index (χ1) is 8.06. The molecule has 1 aromatic rings. The molecule has 1 heterocycles. The van der Waals surface area contributed by atoms with Crippen molar-refractivity contribution < 1.29 is 14.6 Å². The molecule has 17 heavy (non-hydrogen) atoms. The molecule has 4 N–H and O–H groups in total. The molecule has 6 nitrogen and oxygen atoms in total. The number of aliphatic hydroxyl groups is 1. The number of carbonyl (C=O) groups excluding carboxylic acids is 1. The van der Waals surface area contributed by atoms with Gasteiger partial charge in [0.2, 0.25) is 0 Å². The van der Waals surface area contributed by atoms with Crippen LogP contribution in [-0.4, -0.2) is 34.7 Å². The number of nitrogens with zero attached hydrogens (tertiary/aromatic N) is 1. The first-order valence-corrected chi connectivity index (χ1v) is 6.17. The lowest BCUT2D eigenvalue weighted by molar-refractivity contribution is 0.0529. The van der Waals surface area contributed by atoms with Crippen molar-refractivity contribution in [3.05, 3.63) is 5.56 Å². The molecule has 7 heteroatoms. The van der Waals surface area contributed by atoms with E-state index in [4.69, 9.17) is 15.6 Å². The average molecular weight is 259 g/mol. The van der Waals surface area contributed by atoms with E-state index in [9.17, 15) is 4.79 Å². The highest BCUT2D eigenvalue weighted by Crippen LogP contribution is 2.27. The number of aliphatic hydroxyl groups excluding tert-OH is 1. The average Bonchev–Trinajstić information content (AvgIpc) is 2.60. The number of nitrogens with two attached hydrogens (primary N) is 1. The van der Waals surface area contributed by atoms with Crippen LogP contribution in [-0.2, 0) is 4.74 Å². The molecule has 1 rings (SSSR count). The van der Waals surface area contributed by atoms with Crippen LogP contribution < -0.4 is 11.1 Å².